The van der Waals surface area contributed by atoms with Crippen molar-refractivity contribution in [2.75, 3.05) is 6.61 Å². The molecule has 0 bridgehead atoms. The van der Waals surface area contributed by atoms with Gasteiger partial charge in [0.1, 0.15) is 6.04 Å². The minimum Gasteiger partial charge on any atom is -0.488 e. The zero-order valence-corrected chi connectivity index (χ0v) is 11.7. The average Bonchev–Trinajstić information content (AvgIpc) is 2.53. The maximum absolute atomic E-state index is 12.6. The van der Waals surface area contributed by atoms with Crippen LogP contribution in [0, 0.1) is 0 Å². The standard InChI is InChI=1S/C16H18N2O3/c17-15(19)13-9-11-5-1-2-6-12(11)10-18(13)16(20)14-7-3-4-8-21-14/h1-2,5-7,13H,3-4,8-10H2,(H2,17,19)/t13-/m0/s1. The molecule has 5 heteroatoms. The van der Waals surface area contributed by atoms with Gasteiger partial charge >= 0.3 is 0 Å². The summed E-state index contributed by atoms with van der Waals surface area (Å²) < 4.78 is 5.43. The summed E-state index contributed by atoms with van der Waals surface area (Å²) in [7, 11) is 0. The molecule has 2 heterocycles. The fourth-order valence-electron chi connectivity index (χ4n) is 2.84. The minimum atomic E-state index is -0.612. The zero-order chi connectivity index (χ0) is 14.8. The molecule has 1 aromatic carbocycles. The Morgan fingerprint density at radius 3 is 2.67 bits per heavy atom. The summed E-state index contributed by atoms with van der Waals surface area (Å²) in [5.41, 5.74) is 7.62. The van der Waals surface area contributed by atoms with E-state index in [1.165, 1.54) is 4.90 Å². The number of benzene rings is 1. The lowest BCUT2D eigenvalue weighted by Crippen LogP contribution is -2.51. The monoisotopic (exact) mass is 286 g/mol. The van der Waals surface area contributed by atoms with Crippen molar-refractivity contribution in [1.82, 2.24) is 4.90 Å². The second-order valence-corrected chi connectivity index (χ2v) is 5.38. The molecule has 0 aromatic heterocycles. The van der Waals surface area contributed by atoms with Gasteiger partial charge in [-0.25, -0.2) is 0 Å². The highest BCUT2D eigenvalue weighted by molar-refractivity contribution is 5.95. The summed E-state index contributed by atoms with van der Waals surface area (Å²) >= 11 is 0. The van der Waals surface area contributed by atoms with Crippen molar-refractivity contribution in [3.63, 3.8) is 0 Å². The van der Waals surface area contributed by atoms with E-state index in [4.69, 9.17) is 10.5 Å². The fourth-order valence-corrected chi connectivity index (χ4v) is 2.84. The summed E-state index contributed by atoms with van der Waals surface area (Å²) in [4.78, 5) is 25.9. The molecule has 0 saturated carbocycles. The van der Waals surface area contributed by atoms with Crippen LogP contribution < -0.4 is 5.73 Å². The number of carbonyl (C=O) groups is 2. The molecule has 2 amide bonds. The van der Waals surface area contributed by atoms with E-state index in [0.717, 1.165) is 24.0 Å². The highest BCUT2D eigenvalue weighted by atomic mass is 16.5. The molecule has 0 radical (unpaired) electrons. The van der Waals surface area contributed by atoms with Gasteiger partial charge in [-0.1, -0.05) is 24.3 Å². The van der Waals surface area contributed by atoms with Crippen LogP contribution in [-0.2, 0) is 27.3 Å². The maximum atomic E-state index is 12.6. The van der Waals surface area contributed by atoms with Gasteiger partial charge in [-0.3, -0.25) is 9.59 Å². The topological polar surface area (TPSA) is 72.6 Å². The second-order valence-electron chi connectivity index (χ2n) is 5.38. The Labute approximate surface area is 123 Å². The third-order valence-corrected chi connectivity index (χ3v) is 3.98. The summed E-state index contributed by atoms with van der Waals surface area (Å²) in [5, 5.41) is 0. The van der Waals surface area contributed by atoms with Crippen molar-refractivity contribution in [3.8, 4) is 0 Å². The largest absolute Gasteiger partial charge is 0.488 e. The molecule has 1 atom stereocenters. The molecule has 0 unspecified atom stereocenters. The van der Waals surface area contributed by atoms with Crippen molar-refractivity contribution >= 4 is 11.8 Å². The number of nitrogens with two attached hydrogens (primary N) is 1. The Hall–Kier alpha value is -2.30. The van der Waals surface area contributed by atoms with E-state index in [0.29, 0.717) is 25.3 Å². The van der Waals surface area contributed by atoms with Crippen LogP contribution in [0.4, 0.5) is 0 Å². The van der Waals surface area contributed by atoms with E-state index in [9.17, 15) is 9.59 Å². The van der Waals surface area contributed by atoms with Crippen LogP contribution in [0.15, 0.2) is 36.1 Å². The van der Waals surface area contributed by atoms with Gasteiger partial charge in [0.2, 0.25) is 5.91 Å². The molecule has 2 N–H and O–H groups in total. The SMILES string of the molecule is NC(=O)[C@@H]1Cc2ccccc2CN1C(=O)C1=CCCCO1. The number of carbonyl (C=O) groups excluding carboxylic acids is 2. The van der Waals surface area contributed by atoms with Crippen LogP contribution in [0.2, 0.25) is 0 Å². The van der Waals surface area contributed by atoms with E-state index in [1.54, 1.807) is 6.08 Å². The Bertz CT molecular complexity index is 609. The number of hydrogen-bond acceptors (Lipinski definition) is 3. The molecular formula is C16H18N2O3. The first-order chi connectivity index (χ1) is 10.2. The van der Waals surface area contributed by atoms with Gasteiger partial charge < -0.3 is 15.4 Å². The van der Waals surface area contributed by atoms with Crippen LogP contribution in [0.5, 0.6) is 0 Å². The number of rotatable bonds is 2. The number of fused-ring (bicyclic) bond motifs is 1. The minimum absolute atomic E-state index is 0.243. The van der Waals surface area contributed by atoms with Crippen LogP contribution in [0.25, 0.3) is 0 Å². The summed E-state index contributed by atoms with van der Waals surface area (Å²) in [6, 6.07) is 7.20. The van der Waals surface area contributed by atoms with E-state index >= 15 is 0 Å². The van der Waals surface area contributed by atoms with E-state index in [1.807, 2.05) is 24.3 Å². The van der Waals surface area contributed by atoms with Crippen LogP contribution >= 0.6 is 0 Å². The predicted molar refractivity (Wildman–Crippen MR) is 76.9 cm³/mol. The molecule has 1 aromatic rings. The van der Waals surface area contributed by atoms with Gasteiger partial charge in [0.05, 0.1) is 6.61 Å². The van der Waals surface area contributed by atoms with Crippen molar-refractivity contribution in [3.05, 3.63) is 47.2 Å². The molecule has 5 nitrogen and oxygen atoms in total. The summed E-state index contributed by atoms with van der Waals surface area (Å²) in [5.74, 6) is -0.380. The fraction of sp³-hybridized carbons (Fsp3) is 0.375. The maximum Gasteiger partial charge on any atom is 0.289 e. The lowest BCUT2D eigenvalue weighted by molar-refractivity contribution is -0.140. The van der Waals surface area contributed by atoms with Gasteiger partial charge in [-0.05, 0) is 30.0 Å². The number of amides is 2. The smallest absolute Gasteiger partial charge is 0.289 e. The molecule has 0 spiro atoms. The normalized spacial score (nSPS) is 21.0. The highest BCUT2D eigenvalue weighted by Gasteiger charge is 2.35. The number of allylic oxidation sites excluding steroid dienone is 1. The lowest BCUT2D eigenvalue weighted by Gasteiger charge is -2.35. The third-order valence-electron chi connectivity index (χ3n) is 3.98. The van der Waals surface area contributed by atoms with Gasteiger partial charge in [-0.2, -0.15) is 0 Å². The zero-order valence-electron chi connectivity index (χ0n) is 11.7. The number of hydrogen-bond donors (Lipinski definition) is 1. The van der Waals surface area contributed by atoms with Crippen molar-refractivity contribution in [2.45, 2.75) is 31.8 Å². The van der Waals surface area contributed by atoms with Crippen molar-refractivity contribution < 1.29 is 14.3 Å². The van der Waals surface area contributed by atoms with Crippen LogP contribution in [0.3, 0.4) is 0 Å². The Balaban J connectivity index is 1.90. The summed E-state index contributed by atoms with van der Waals surface area (Å²) in [6.45, 7) is 0.937. The number of ether oxygens (including phenoxy) is 1. The van der Waals surface area contributed by atoms with Crippen LogP contribution in [-0.4, -0.2) is 29.4 Å². The second kappa shape index (κ2) is 5.60. The first-order valence-electron chi connectivity index (χ1n) is 7.17. The van der Waals surface area contributed by atoms with E-state index < -0.39 is 11.9 Å². The average molecular weight is 286 g/mol. The molecule has 2 aliphatic rings. The highest BCUT2D eigenvalue weighted by Crippen LogP contribution is 2.25. The Kier molecular flexibility index (Phi) is 3.64. The van der Waals surface area contributed by atoms with Gasteiger partial charge in [0.15, 0.2) is 5.76 Å². The van der Waals surface area contributed by atoms with Gasteiger partial charge in [0.25, 0.3) is 5.91 Å². The predicted octanol–water partition coefficient (Wildman–Crippen LogP) is 1.12. The van der Waals surface area contributed by atoms with Gasteiger partial charge in [0, 0.05) is 13.0 Å². The van der Waals surface area contributed by atoms with Crippen molar-refractivity contribution in [1.29, 1.82) is 0 Å². The first-order valence-corrected chi connectivity index (χ1v) is 7.17. The quantitative estimate of drug-likeness (QED) is 0.885. The molecule has 2 aliphatic heterocycles. The Morgan fingerprint density at radius 2 is 2.00 bits per heavy atom. The number of primary amides is 1. The third kappa shape index (κ3) is 2.63. The summed E-state index contributed by atoms with van der Waals surface area (Å²) in [6.07, 6.45) is 4.00. The van der Waals surface area contributed by atoms with Crippen molar-refractivity contribution in [2.24, 2.45) is 5.73 Å². The molecule has 110 valence electrons. The Morgan fingerprint density at radius 1 is 1.24 bits per heavy atom. The van der Waals surface area contributed by atoms with Crippen LogP contribution in [0.1, 0.15) is 24.0 Å². The molecule has 21 heavy (non-hydrogen) atoms. The molecule has 0 fully saturated rings. The molecule has 3 rings (SSSR count). The lowest BCUT2D eigenvalue weighted by atomic mass is 9.93. The number of nitrogens with zero attached hydrogens (tertiary/aromatic N) is 1. The first kappa shape index (κ1) is 13.7. The van der Waals surface area contributed by atoms with E-state index in [2.05, 4.69) is 0 Å². The molecule has 0 aliphatic carbocycles. The molecular weight excluding hydrogens is 268 g/mol. The van der Waals surface area contributed by atoms with Gasteiger partial charge in [-0.15, -0.1) is 0 Å². The molecule has 0 saturated heterocycles. The van der Waals surface area contributed by atoms with E-state index in [-0.39, 0.29) is 5.91 Å².